The topological polar surface area (TPSA) is 101 Å². The van der Waals surface area contributed by atoms with Crippen LogP contribution >= 0.6 is 11.6 Å². The number of halogens is 1. The zero-order valence-corrected chi connectivity index (χ0v) is 11.7. The monoisotopic (exact) mass is 285 g/mol. The Morgan fingerprint density at radius 3 is 2.74 bits per heavy atom. The van der Waals surface area contributed by atoms with Crippen LogP contribution in [0.25, 0.3) is 0 Å². The predicted octanol–water partition coefficient (Wildman–Crippen LogP) is 1.93. The van der Waals surface area contributed by atoms with Crippen LogP contribution in [-0.4, -0.2) is 23.3 Å². The number of carboxylic acids is 1. The van der Waals surface area contributed by atoms with Crippen LogP contribution in [0.15, 0.2) is 18.2 Å². The van der Waals surface area contributed by atoms with E-state index in [0.717, 1.165) is 12.0 Å². The Morgan fingerprint density at radius 1 is 1.47 bits per heavy atom. The second kappa shape index (κ2) is 6.75. The minimum absolute atomic E-state index is 0.297. The van der Waals surface area contributed by atoms with Crippen LogP contribution in [0, 0.1) is 6.92 Å². The Kier molecular flexibility index (Phi) is 5.60. The van der Waals surface area contributed by atoms with E-state index in [1.807, 2.05) is 6.92 Å². The average Bonchev–Trinajstić information content (AvgIpc) is 2.35. The average molecular weight is 286 g/mol. The molecule has 106 valence electrons. The van der Waals surface area contributed by atoms with E-state index < -0.39 is 11.6 Å². The van der Waals surface area contributed by atoms with Crippen molar-refractivity contribution in [1.29, 1.82) is 0 Å². The van der Waals surface area contributed by atoms with Crippen LogP contribution in [-0.2, 0) is 4.79 Å². The summed E-state index contributed by atoms with van der Waals surface area (Å²) in [7, 11) is 0. The van der Waals surface area contributed by atoms with Gasteiger partial charge in [0.15, 0.2) is 5.66 Å². The van der Waals surface area contributed by atoms with Gasteiger partial charge in [-0.15, -0.1) is 0 Å². The number of aliphatic carboxylic acids is 1. The van der Waals surface area contributed by atoms with Crippen LogP contribution in [0.3, 0.4) is 0 Å². The Morgan fingerprint density at radius 2 is 2.16 bits per heavy atom. The number of benzene rings is 1. The molecule has 1 atom stereocenters. The van der Waals surface area contributed by atoms with Crippen molar-refractivity contribution in [3.63, 3.8) is 0 Å². The normalized spacial score (nSPS) is 13.9. The lowest BCUT2D eigenvalue weighted by Crippen LogP contribution is -2.55. The third-order valence-electron chi connectivity index (χ3n) is 3.03. The highest BCUT2D eigenvalue weighted by atomic mass is 35.5. The second-order valence-electron chi connectivity index (χ2n) is 4.56. The first-order valence-corrected chi connectivity index (χ1v) is 6.54. The zero-order chi connectivity index (χ0) is 14.5. The highest BCUT2D eigenvalue weighted by Crippen LogP contribution is 2.26. The van der Waals surface area contributed by atoms with Crippen molar-refractivity contribution >= 4 is 23.3 Å². The number of carbonyl (C=O) groups is 1. The molecule has 1 unspecified atom stereocenters. The Bertz CT molecular complexity index is 454. The van der Waals surface area contributed by atoms with Crippen LogP contribution in [0.4, 0.5) is 5.69 Å². The second-order valence-corrected chi connectivity index (χ2v) is 4.97. The lowest BCUT2D eigenvalue weighted by molar-refractivity contribution is -0.142. The van der Waals surface area contributed by atoms with E-state index in [9.17, 15) is 9.90 Å². The van der Waals surface area contributed by atoms with Gasteiger partial charge < -0.3 is 16.2 Å². The minimum atomic E-state index is -1.51. The number of hydrogen-bond donors (Lipinski definition) is 4. The molecule has 5 nitrogen and oxygen atoms in total. The summed E-state index contributed by atoms with van der Waals surface area (Å²) < 4.78 is 0. The quantitative estimate of drug-likeness (QED) is 0.453. The van der Waals surface area contributed by atoms with Gasteiger partial charge in [0.25, 0.3) is 0 Å². The van der Waals surface area contributed by atoms with Gasteiger partial charge >= 0.3 is 5.97 Å². The lowest BCUT2D eigenvalue weighted by Gasteiger charge is -2.28. The van der Waals surface area contributed by atoms with Gasteiger partial charge in [0.05, 0.1) is 0 Å². The van der Waals surface area contributed by atoms with Crippen molar-refractivity contribution in [1.82, 2.24) is 0 Å². The zero-order valence-electron chi connectivity index (χ0n) is 10.9. The fourth-order valence-electron chi connectivity index (χ4n) is 1.75. The standard InChI is InChI=1S/C13H20ClN3O2/c1-9-10(14)5-4-6-11(9)17-13(16,12(18)19)7-2-3-8-15/h4-6,17H,2-3,7-8,15-16H2,1H3,(H,18,19). The molecular formula is C13H20ClN3O2. The van der Waals surface area contributed by atoms with E-state index in [0.29, 0.717) is 30.1 Å². The lowest BCUT2D eigenvalue weighted by atomic mass is 10.0. The fourth-order valence-corrected chi connectivity index (χ4v) is 1.93. The smallest absolute Gasteiger partial charge is 0.344 e. The van der Waals surface area contributed by atoms with Gasteiger partial charge in [-0.25, -0.2) is 4.79 Å². The highest BCUT2D eigenvalue weighted by molar-refractivity contribution is 6.31. The number of anilines is 1. The van der Waals surface area contributed by atoms with Crippen LogP contribution in [0.2, 0.25) is 5.02 Å². The van der Waals surface area contributed by atoms with E-state index in [2.05, 4.69) is 5.32 Å². The molecule has 0 amide bonds. The molecule has 19 heavy (non-hydrogen) atoms. The van der Waals surface area contributed by atoms with Gasteiger partial charge in [0.2, 0.25) is 0 Å². The summed E-state index contributed by atoms with van der Waals surface area (Å²) in [6.07, 6.45) is 1.68. The molecule has 0 fully saturated rings. The number of nitrogens with one attached hydrogen (secondary N) is 1. The number of hydrogen-bond acceptors (Lipinski definition) is 4. The SMILES string of the molecule is Cc1c(Cl)cccc1NC(N)(CCCCN)C(=O)O. The molecule has 1 aromatic rings. The molecule has 0 spiro atoms. The molecule has 0 saturated carbocycles. The van der Waals surface area contributed by atoms with Crippen molar-refractivity contribution in [3.8, 4) is 0 Å². The van der Waals surface area contributed by atoms with Crippen LogP contribution in [0.5, 0.6) is 0 Å². The molecule has 0 aliphatic heterocycles. The molecule has 0 aromatic heterocycles. The summed E-state index contributed by atoms with van der Waals surface area (Å²) in [5.41, 5.74) is 11.2. The molecule has 0 bridgehead atoms. The third-order valence-corrected chi connectivity index (χ3v) is 3.44. The maximum atomic E-state index is 11.4. The summed E-state index contributed by atoms with van der Waals surface area (Å²) in [6.45, 7) is 2.33. The molecule has 0 radical (unpaired) electrons. The first kappa shape index (κ1) is 15.8. The minimum Gasteiger partial charge on any atom is -0.478 e. The number of unbranched alkanes of at least 4 members (excludes halogenated alkanes) is 1. The summed E-state index contributed by atoms with van der Waals surface area (Å²) in [6, 6.07) is 5.25. The van der Waals surface area contributed by atoms with E-state index in [-0.39, 0.29) is 0 Å². The van der Waals surface area contributed by atoms with Crippen molar-refractivity contribution in [2.45, 2.75) is 31.8 Å². The van der Waals surface area contributed by atoms with Gasteiger partial charge in [-0.05, 0) is 50.4 Å². The Hall–Kier alpha value is -1.30. The number of rotatable bonds is 7. The first-order valence-electron chi connectivity index (χ1n) is 6.16. The van der Waals surface area contributed by atoms with E-state index in [1.165, 1.54) is 0 Å². The molecule has 1 aromatic carbocycles. The number of nitrogens with two attached hydrogens (primary N) is 2. The summed E-state index contributed by atoms with van der Waals surface area (Å²) in [4.78, 5) is 11.4. The van der Waals surface area contributed by atoms with Gasteiger partial charge in [0, 0.05) is 10.7 Å². The maximum absolute atomic E-state index is 11.4. The summed E-state index contributed by atoms with van der Waals surface area (Å²) in [5.74, 6) is -1.09. The summed E-state index contributed by atoms with van der Waals surface area (Å²) in [5, 5.41) is 12.7. The fraction of sp³-hybridized carbons (Fsp3) is 0.462. The van der Waals surface area contributed by atoms with Gasteiger partial charge in [-0.2, -0.15) is 0 Å². The first-order chi connectivity index (χ1) is 8.90. The largest absolute Gasteiger partial charge is 0.478 e. The molecule has 1 rings (SSSR count). The van der Waals surface area contributed by atoms with Crippen LogP contribution in [0.1, 0.15) is 24.8 Å². The summed E-state index contributed by atoms with van der Waals surface area (Å²) >= 11 is 6.00. The van der Waals surface area contributed by atoms with Gasteiger partial charge in [-0.1, -0.05) is 17.7 Å². The highest BCUT2D eigenvalue weighted by Gasteiger charge is 2.33. The molecular weight excluding hydrogens is 266 g/mol. The van der Waals surface area contributed by atoms with Crippen molar-refractivity contribution in [3.05, 3.63) is 28.8 Å². The van der Waals surface area contributed by atoms with E-state index in [1.54, 1.807) is 18.2 Å². The molecule has 0 saturated heterocycles. The molecule has 0 aliphatic carbocycles. The Labute approximate surface area is 117 Å². The van der Waals surface area contributed by atoms with E-state index >= 15 is 0 Å². The molecule has 0 aliphatic rings. The molecule has 6 heteroatoms. The van der Waals surface area contributed by atoms with Crippen molar-refractivity contribution < 1.29 is 9.90 Å². The molecule has 6 N–H and O–H groups in total. The van der Waals surface area contributed by atoms with Crippen LogP contribution < -0.4 is 16.8 Å². The number of carboxylic acid groups (broad SMARTS) is 1. The molecule has 0 heterocycles. The predicted molar refractivity (Wildman–Crippen MR) is 77.3 cm³/mol. The van der Waals surface area contributed by atoms with Crippen molar-refractivity contribution in [2.75, 3.05) is 11.9 Å². The van der Waals surface area contributed by atoms with E-state index in [4.69, 9.17) is 23.1 Å². The van der Waals surface area contributed by atoms with Gasteiger partial charge in [-0.3, -0.25) is 5.73 Å². The maximum Gasteiger partial charge on any atom is 0.344 e. The Balaban J connectivity index is 2.89. The third kappa shape index (κ3) is 4.09. The van der Waals surface area contributed by atoms with Gasteiger partial charge in [0.1, 0.15) is 0 Å². The van der Waals surface area contributed by atoms with Crippen molar-refractivity contribution in [2.24, 2.45) is 11.5 Å².